The molecule has 1 saturated carbocycles. The van der Waals surface area contributed by atoms with Crippen LogP contribution in [0.3, 0.4) is 0 Å². The van der Waals surface area contributed by atoms with Crippen molar-refractivity contribution in [3.8, 4) is 0 Å². The van der Waals surface area contributed by atoms with Crippen LogP contribution in [0, 0.1) is 23.0 Å². The maximum absolute atomic E-state index is 13.4. The van der Waals surface area contributed by atoms with Crippen LogP contribution < -0.4 is 5.43 Å². The van der Waals surface area contributed by atoms with Gasteiger partial charge < -0.3 is 5.11 Å². The normalized spacial score (nSPS) is 23.2. The van der Waals surface area contributed by atoms with Crippen molar-refractivity contribution in [1.82, 2.24) is 10.4 Å². The number of amides is 1. The molecule has 10 heteroatoms. The van der Waals surface area contributed by atoms with Crippen LogP contribution in [0.25, 0.3) is 0 Å². The SMILES string of the molecule is Cc1c(C(=O)N2NC(C3CC3)=CC2(O)C(F)(F)F)cccc1[N+](=O)[O-]. The molecular formula is C15H14F3N3O4. The highest BCUT2D eigenvalue weighted by Crippen LogP contribution is 2.44. The number of hydrazine groups is 1. The predicted molar refractivity (Wildman–Crippen MR) is 79.0 cm³/mol. The summed E-state index contributed by atoms with van der Waals surface area (Å²) in [6, 6.07) is 3.53. The van der Waals surface area contributed by atoms with Crippen molar-refractivity contribution >= 4 is 11.6 Å². The standard InChI is InChI=1S/C15H14F3N3O4/c1-8-10(3-2-4-12(8)21(24)25)13(22)20-14(23,15(16,17)18)7-11(19-20)9-5-6-9/h2-4,7,9,19,23H,5-6H2,1H3. The van der Waals surface area contributed by atoms with E-state index in [0.717, 1.165) is 6.07 Å². The number of allylic oxidation sites excluding steroid dienone is 1. The molecule has 2 N–H and O–H groups in total. The largest absolute Gasteiger partial charge is 0.442 e. The van der Waals surface area contributed by atoms with Crippen LogP contribution in [0.2, 0.25) is 0 Å². The Labute approximate surface area is 139 Å². The Balaban J connectivity index is 2.02. The minimum Gasteiger partial charge on any atom is -0.359 e. The molecule has 1 aromatic carbocycles. The van der Waals surface area contributed by atoms with Crippen molar-refractivity contribution in [3.05, 3.63) is 51.2 Å². The molecule has 1 atom stereocenters. The van der Waals surface area contributed by atoms with Crippen LogP contribution in [-0.4, -0.2) is 32.8 Å². The Morgan fingerprint density at radius 1 is 1.44 bits per heavy atom. The summed E-state index contributed by atoms with van der Waals surface area (Å²) >= 11 is 0. The zero-order valence-corrected chi connectivity index (χ0v) is 13.0. The molecule has 134 valence electrons. The van der Waals surface area contributed by atoms with E-state index in [-0.39, 0.29) is 27.8 Å². The summed E-state index contributed by atoms with van der Waals surface area (Å²) in [5, 5.41) is 21.2. The summed E-state index contributed by atoms with van der Waals surface area (Å²) in [6.45, 7) is 1.27. The van der Waals surface area contributed by atoms with Crippen molar-refractivity contribution in [3.63, 3.8) is 0 Å². The maximum atomic E-state index is 13.4. The number of nitrogens with zero attached hydrogens (tertiary/aromatic N) is 2. The number of nitro benzene ring substituents is 1. The first-order chi connectivity index (χ1) is 11.6. The minimum atomic E-state index is -5.14. The summed E-state index contributed by atoms with van der Waals surface area (Å²) in [6.07, 6.45) is -3.23. The molecule has 0 radical (unpaired) electrons. The number of hydrogen-bond acceptors (Lipinski definition) is 5. The molecule has 1 fully saturated rings. The maximum Gasteiger partial charge on any atom is 0.442 e. The van der Waals surface area contributed by atoms with Gasteiger partial charge in [0.05, 0.1) is 10.5 Å². The second kappa shape index (κ2) is 5.45. The molecule has 3 rings (SSSR count). The monoisotopic (exact) mass is 357 g/mol. The van der Waals surface area contributed by atoms with Crippen molar-refractivity contribution < 1.29 is 28.0 Å². The Morgan fingerprint density at radius 3 is 2.60 bits per heavy atom. The third kappa shape index (κ3) is 2.72. The number of carbonyl (C=O) groups excluding carboxylic acids is 1. The average molecular weight is 357 g/mol. The van der Waals surface area contributed by atoms with Gasteiger partial charge in [-0.25, -0.2) is 5.01 Å². The van der Waals surface area contributed by atoms with E-state index in [1.54, 1.807) is 0 Å². The third-order valence-electron chi connectivity index (χ3n) is 4.31. The van der Waals surface area contributed by atoms with E-state index in [1.807, 2.05) is 0 Å². The van der Waals surface area contributed by atoms with E-state index in [1.165, 1.54) is 19.1 Å². The molecular weight excluding hydrogens is 343 g/mol. The number of carbonyl (C=O) groups is 1. The fraction of sp³-hybridized carbons (Fsp3) is 0.400. The van der Waals surface area contributed by atoms with Crippen molar-refractivity contribution in [2.45, 2.75) is 31.7 Å². The molecule has 1 amide bonds. The molecule has 1 aromatic rings. The van der Waals surface area contributed by atoms with Gasteiger partial charge in [-0.3, -0.25) is 20.3 Å². The minimum absolute atomic E-state index is 0.0799. The Morgan fingerprint density at radius 2 is 2.08 bits per heavy atom. The number of aliphatic hydroxyl groups is 1. The number of nitrogens with one attached hydrogen (secondary N) is 1. The molecule has 2 aliphatic rings. The van der Waals surface area contributed by atoms with E-state index < -0.39 is 28.4 Å². The molecule has 0 saturated heterocycles. The molecule has 7 nitrogen and oxygen atoms in total. The highest BCUT2D eigenvalue weighted by molar-refractivity contribution is 5.97. The second-order valence-corrected chi connectivity index (χ2v) is 6.06. The molecule has 1 unspecified atom stereocenters. The molecule has 0 aromatic heterocycles. The lowest BCUT2D eigenvalue weighted by molar-refractivity contribution is -0.385. The lowest BCUT2D eigenvalue weighted by atomic mass is 10.0. The fourth-order valence-corrected chi connectivity index (χ4v) is 2.72. The number of nitro groups is 1. The van der Waals surface area contributed by atoms with Gasteiger partial charge in [0.15, 0.2) is 0 Å². The average Bonchev–Trinajstić information content (AvgIpc) is 3.29. The smallest absolute Gasteiger partial charge is 0.359 e. The van der Waals surface area contributed by atoms with E-state index in [2.05, 4.69) is 5.43 Å². The number of alkyl halides is 3. The first-order valence-electron chi connectivity index (χ1n) is 7.43. The number of rotatable bonds is 3. The van der Waals surface area contributed by atoms with Gasteiger partial charge in [-0.05, 0) is 25.8 Å². The molecule has 1 heterocycles. The van der Waals surface area contributed by atoms with Gasteiger partial charge in [0.2, 0.25) is 0 Å². The zero-order chi connectivity index (χ0) is 18.6. The van der Waals surface area contributed by atoms with Crippen molar-refractivity contribution in [2.24, 2.45) is 5.92 Å². The lowest BCUT2D eigenvalue weighted by Crippen LogP contribution is -2.60. The Bertz CT molecular complexity index is 789. The second-order valence-electron chi connectivity index (χ2n) is 6.06. The topological polar surface area (TPSA) is 95.7 Å². The van der Waals surface area contributed by atoms with Crippen LogP contribution >= 0.6 is 0 Å². The Hall–Kier alpha value is -2.62. The fourth-order valence-electron chi connectivity index (χ4n) is 2.72. The number of halogens is 3. The molecule has 0 spiro atoms. The first kappa shape index (κ1) is 17.2. The van der Waals surface area contributed by atoms with E-state index >= 15 is 0 Å². The number of benzene rings is 1. The summed E-state index contributed by atoms with van der Waals surface area (Å²) in [4.78, 5) is 22.9. The molecule has 0 bridgehead atoms. The quantitative estimate of drug-likeness (QED) is 0.640. The van der Waals surface area contributed by atoms with Crippen LogP contribution in [0.4, 0.5) is 18.9 Å². The van der Waals surface area contributed by atoms with Crippen LogP contribution in [0.1, 0.15) is 28.8 Å². The van der Waals surface area contributed by atoms with Gasteiger partial charge in [-0.15, -0.1) is 0 Å². The van der Waals surface area contributed by atoms with E-state index in [9.17, 15) is 33.2 Å². The van der Waals surface area contributed by atoms with Crippen LogP contribution in [-0.2, 0) is 0 Å². The summed E-state index contributed by atoms with van der Waals surface area (Å²) < 4.78 is 40.2. The third-order valence-corrected chi connectivity index (χ3v) is 4.31. The zero-order valence-electron chi connectivity index (χ0n) is 13.0. The predicted octanol–water partition coefficient (Wildman–Crippen LogP) is 2.41. The van der Waals surface area contributed by atoms with E-state index in [0.29, 0.717) is 18.9 Å². The van der Waals surface area contributed by atoms with Gasteiger partial charge in [0.25, 0.3) is 17.3 Å². The van der Waals surface area contributed by atoms with Gasteiger partial charge in [0, 0.05) is 29.3 Å². The van der Waals surface area contributed by atoms with Gasteiger partial charge in [-0.1, -0.05) is 6.07 Å². The highest BCUT2D eigenvalue weighted by Gasteiger charge is 2.62. The van der Waals surface area contributed by atoms with Crippen molar-refractivity contribution in [1.29, 1.82) is 0 Å². The van der Waals surface area contributed by atoms with Gasteiger partial charge in [-0.2, -0.15) is 13.2 Å². The van der Waals surface area contributed by atoms with E-state index in [4.69, 9.17) is 0 Å². The van der Waals surface area contributed by atoms with Gasteiger partial charge in [0.1, 0.15) is 0 Å². The Kier molecular flexibility index (Phi) is 3.75. The van der Waals surface area contributed by atoms with Crippen molar-refractivity contribution in [2.75, 3.05) is 0 Å². The molecule has 1 aliphatic heterocycles. The van der Waals surface area contributed by atoms with Gasteiger partial charge >= 0.3 is 6.18 Å². The first-order valence-corrected chi connectivity index (χ1v) is 7.43. The summed E-state index contributed by atoms with van der Waals surface area (Å²) in [7, 11) is 0. The number of hydrogen-bond donors (Lipinski definition) is 2. The molecule has 1 aliphatic carbocycles. The van der Waals surface area contributed by atoms with Crippen LogP contribution in [0.15, 0.2) is 30.0 Å². The summed E-state index contributed by atoms with van der Waals surface area (Å²) in [5.41, 5.74) is -1.83. The summed E-state index contributed by atoms with van der Waals surface area (Å²) in [5.74, 6) is -1.37. The highest BCUT2D eigenvalue weighted by atomic mass is 19.4. The molecule has 25 heavy (non-hydrogen) atoms. The lowest BCUT2D eigenvalue weighted by Gasteiger charge is -2.34. The van der Waals surface area contributed by atoms with Crippen LogP contribution in [0.5, 0.6) is 0 Å².